The van der Waals surface area contributed by atoms with Crippen molar-refractivity contribution >= 4 is 29.7 Å². The van der Waals surface area contributed by atoms with Gasteiger partial charge in [0.2, 0.25) is 18.2 Å². The molecule has 1 aliphatic heterocycles. The number of rotatable bonds is 19. The Balaban J connectivity index is 1.31. The molecule has 42 heavy (non-hydrogen) atoms. The van der Waals surface area contributed by atoms with Crippen molar-refractivity contribution in [3.8, 4) is 17.0 Å². The number of carbonyl (C=O) groups excluding carboxylic acids is 3. The molecule has 12 heteroatoms. The van der Waals surface area contributed by atoms with Gasteiger partial charge < -0.3 is 36.4 Å². The van der Waals surface area contributed by atoms with E-state index in [1.165, 1.54) is 0 Å². The third-order valence-corrected chi connectivity index (χ3v) is 7.47. The number of aromatic hydroxyl groups is 1. The van der Waals surface area contributed by atoms with Crippen LogP contribution >= 0.6 is 0 Å². The zero-order valence-corrected chi connectivity index (χ0v) is 24.3. The first-order chi connectivity index (χ1) is 20.4. The number of aliphatic hydroxyl groups excluding tert-OH is 1. The summed E-state index contributed by atoms with van der Waals surface area (Å²) < 4.78 is 0. The van der Waals surface area contributed by atoms with E-state index in [9.17, 15) is 24.6 Å². The van der Waals surface area contributed by atoms with Gasteiger partial charge in [-0.2, -0.15) is 0 Å². The number of aromatic nitrogens is 2. The second-order valence-corrected chi connectivity index (χ2v) is 10.7. The number of carbonyl (C=O) groups is 3. The number of benzene rings is 1. The van der Waals surface area contributed by atoms with E-state index in [0.29, 0.717) is 62.5 Å². The van der Waals surface area contributed by atoms with E-state index in [0.717, 1.165) is 63.6 Å². The Hall–Kier alpha value is -3.93. The first-order valence-electron chi connectivity index (χ1n) is 14.9. The largest absolute Gasteiger partial charge is 0.507 e. The number of amides is 3. The molecular weight excluding hydrogens is 538 g/mol. The van der Waals surface area contributed by atoms with Crippen molar-refractivity contribution in [3.05, 3.63) is 30.3 Å². The van der Waals surface area contributed by atoms with Gasteiger partial charge in [0.25, 0.3) is 0 Å². The van der Waals surface area contributed by atoms with Crippen LogP contribution in [0.1, 0.15) is 64.2 Å². The summed E-state index contributed by atoms with van der Waals surface area (Å²) in [6, 6.07) is 8.78. The Morgan fingerprint density at radius 1 is 1.05 bits per heavy atom. The fourth-order valence-electron chi connectivity index (χ4n) is 5.07. The molecule has 2 aromatic rings. The number of β-amino-alcohol motifs (C(OH)–C–C–N with tert-alkyl or cyclic N) is 1. The summed E-state index contributed by atoms with van der Waals surface area (Å²) in [6.07, 6.45) is 9.40. The highest BCUT2D eigenvalue weighted by atomic mass is 16.3. The Morgan fingerprint density at radius 2 is 1.76 bits per heavy atom. The molecule has 3 amide bonds. The maximum atomic E-state index is 12.0. The second kappa shape index (κ2) is 17.8. The zero-order chi connectivity index (χ0) is 30.2. The average molecular weight is 584 g/mol. The number of nitrogens with one attached hydrogen (secondary N) is 2. The second-order valence-electron chi connectivity index (χ2n) is 10.7. The van der Waals surface area contributed by atoms with Gasteiger partial charge in [0.05, 0.1) is 24.0 Å². The number of phenols is 1. The highest BCUT2D eigenvalue weighted by Crippen LogP contribution is 2.31. The molecule has 1 aromatic carbocycles. The molecule has 1 unspecified atom stereocenters. The smallest absolute Gasteiger partial charge is 0.242 e. The van der Waals surface area contributed by atoms with Crippen LogP contribution in [-0.2, 0) is 14.4 Å². The van der Waals surface area contributed by atoms with E-state index in [1.807, 2.05) is 12.1 Å². The van der Waals surface area contributed by atoms with Gasteiger partial charge in [0.15, 0.2) is 5.82 Å². The fraction of sp³-hybridized carbons (Fsp3) is 0.567. The molecule has 12 nitrogen and oxygen atoms in total. The summed E-state index contributed by atoms with van der Waals surface area (Å²) in [5, 5.41) is 33.4. The van der Waals surface area contributed by atoms with Crippen LogP contribution in [0, 0.1) is 0 Å². The number of likely N-dealkylation sites (tertiary alicyclic amines) is 1. The normalized spacial score (nSPS) is 14.5. The molecule has 2 heterocycles. The Kier molecular flexibility index (Phi) is 13.8. The van der Waals surface area contributed by atoms with Crippen molar-refractivity contribution in [3.63, 3.8) is 0 Å². The monoisotopic (exact) mass is 583 g/mol. The van der Waals surface area contributed by atoms with E-state index in [2.05, 4.69) is 25.7 Å². The Morgan fingerprint density at radius 3 is 2.45 bits per heavy atom. The molecule has 6 N–H and O–H groups in total. The number of phenolic OH excluding ortho intramolecular Hbond substituents is 1. The first kappa shape index (κ1) is 32.6. The topological polar surface area (TPSA) is 174 Å². The number of hydrogen-bond donors (Lipinski definition) is 5. The molecule has 0 spiro atoms. The van der Waals surface area contributed by atoms with Crippen LogP contribution in [0.4, 0.5) is 11.5 Å². The summed E-state index contributed by atoms with van der Waals surface area (Å²) in [4.78, 5) is 38.5. The van der Waals surface area contributed by atoms with Gasteiger partial charge >= 0.3 is 0 Å². The number of para-hydroxylation sites is 1. The highest BCUT2D eigenvalue weighted by molar-refractivity contribution is 5.84. The maximum absolute atomic E-state index is 12.0. The summed E-state index contributed by atoms with van der Waals surface area (Å²) in [7, 11) is 0. The lowest BCUT2D eigenvalue weighted by molar-refractivity contribution is -0.132. The predicted octanol–water partition coefficient (Wildman–Crippen LogP) is 2.20. The third kappa shape index (κ3) is 10.8. The number of hydrogen-bond acceptors (Lipinski definition) is 9. The van der Waals surface area contributed by atoms with Crippen LogP contribution in [0.15, 0.2) is 30.3 Å². The minimum atomic E-state index is -0.453. The number of anilines is 2. The van der Waals surface area contributed by atoms with Crippen LogP contribution in [0.25, 0.3) is 11.3 Å². The fourth-order valence-corrected chi connectivity index (χ4v) is 5.07. The van der Waals surface area contributed by atoms with Gasteiger partial charge in [-0.1, -0.05) is 50.7 Å². The first-order valence-corrected chi connectivity index (χ1v) is 14.9. The molecule has 0 radical (unpaired) electrons. The van der Waals surface area contributed by atoms with E-state index in [-0.39, 0.29) is 24.1 Å². The number of nitrogens with zero attached hydrogens (tertiary/aromatic N) is 4. The van der Waals surface area contributed by atoms with Gasteiger partial charge in [0.1, 0.15) is 5.75 Å². The SMILES string of the molecule is Nc1nnc(-c2ccccc2O)cc1N(CCCCCCCCCCC(=O)NCC(=O)N1CCC(O)C1)CCNC=O. The van der Waals surface area contributed by atoms with E-state index >= 15 is 0 Å². The van der Waals surface area contributed by atoms with Crippen molar-refractivity contribution in [2.24, 2.45) is 0 Å². The molecule has 0 saturated carbocycles. The van der Waals surface area contributed by atoms with Gasteiger partial charge in [-0.25, -0.2) is 0 Å². The van der Waals surface area contributed by atoms with Crippen molar-refractivity contribution < 1.29 is 24.6 Å². The number of nitrogens with two attached hydrogens (primary N) is 1. The number of unbranched alkanes of at least 4 members (excludes halogenated alkanes) is 7. The highest BCUT2D eigenvalue weighted by Gasteiger charge is 2.24. The van der Waals surface area contributed by atoms with Crippen molar-refractivity contribution in [2.75, 3.05) is 49.9 Å². The van der Waals surface area contributed by atoms with E-state index in [4.69, 9.17) is 5.73 Å². The van der Waals surface area contributed by atoms with Crippen LogP contribution in [0.3, 0.4) is 0 Å². The lowest BCUT2D eigenvalue weighted by Gasteiger charge is -2.26. The summed E-state index contributed by atoms with van der Waals surface area (Å²) >= 11 is 0. The minimum Gasteiger partial charge on any atom is -0.507 e. The number of aliphatic hydroxyl groups is 1. The Bertz CT molecular complexity index is 1150. The molecule has 1 fully saturated rings. The molecule has 3 rings (SSSR count). The summed E-state index contributed by atoms with van der Waals surface area (Å²) in [5.74, 6) is 0.172. The van der Waals surface area contributed by atoms with Gasteiger partial charge in [0, 0.05) is 44.7 Å². The lowest BCUT2D eigenvalue weighted by atomic mass is 10.1. The standard InChI is InChI=1S/C30H45N7O5/c31-30-26(19-25(34-35-30)24-11-8-9-12-27(24)40)36(18-15-32-22-38)16-10-6-4-2-1-3-5-7-13-28(41)33-20-29(42)37-17-14-23(39)21-37/h8-9,11-12,19,22-23,39-40H,1-7,10,13-18,20-21H2,(H2,31,35)(H,32,38)(H,33,41). The zero-order valence-electron chi connectivity index (χ0n) is 24.3. The average Bonchev–Trinajstić information content (AvgIpc) is 3.43. The van der Waals surface area contributed by atoms with E-state index < -0.39 is 6.10 Å². The van der Waals surface area contributed by atoms with Crippen molar-refractivity contribution in [1.29, 1.82) is 0 Å². The molecule has 0 bridgehead atoms. The quantitative estimate of drug-likeness (QED) is 0.123. The lowest BCUT2D eigenvalue weighted by Crippen LogP contribution is -2.39. The van der Waals surface area contributed by atoms with Gasteiger partial charge in [-0.3, -0.25) is 14.4 Å². The minimum absolute atomic E-state index is 0.00136. The third-order valence-electron chi connectivity index (χ3n) is 7.47. The molecular formula is C30H45N7O5. The van der Waals surface area contributed by atoms with Gasteiger partial charge in [-0.05, 0) is 37.5 Å². The summed E-state index contributed by atoms with van der Waals surface area (Å²) in [5.41, 5.74) is 8.01. The summed E-state index contributed by atoms with van der Waals surface area (Å²) in [6.45, 7) is 2.67. The molecule has 1 aromatic heterocycles. The molecule has 1 aliphatic rings. The molecule has 0 aliphatic carbocycles. The van der Waals surface area contributed by atoms with E-state index in [1.54, 1.807) is 23.1 Å². The van der Waals surface area contributed by atoms with Gasteiger partial charge in [-0.15, -0.1) is 10.2 Å². The Labute approximate surface area is 247 Å². The predicted molar refractivity (Wildman–Crippen MR) is 162 cm³/mol. The van der Waals surface area contributed by atoms with Crippen LogP contribution in [0.5, 0.6) is 5.75 Å². The van der Waals surface area contributed by atoms with Crippen LogP contribution < -0.4 is 21.3 Å². The molecule has 230 valence electrons. The maximum Gasteiger partial charge on any atom is 0.242 e. The van der Waals surface area contributed by atoms with Crippen LogP contribution in [0.2, 0.25) is 0 Å². The molecule has 1 atom stereocenters. The molecule has 1 saturated heterocycles. The van der Waals surface area contributed by atoms with Crippen molar-refractivity contribution in [2.45, 2.75) is 70.3 Å². The van der Waals surface area contributed by atoms with Crippen molar-refractivity contribution in [1.82, 2.24) is 25.7 Å². The number of nitrogen functional groups attached to an aromatic ring is 1. The van der Waals surface area contributed by atoms with Crippen LogP contribution in [-0.4, -0.2) is 88.9 Å².